The zero-order chi connectivity index (χ0) is 15.0. The topological polar surface area (TPSA) is 41.6 Å². The van der Waals surface area contributed by atoms with Crippen molar-refractivity contribution in [3.8, 4) is 0 Å². The first kappa shape index (κ1) is 17.4. The molecule has 0 radical (unpaired) electrons. The number of carbonyl (C=O) groups excluding carboxylic acids is 1. The molecular formula is C16H32N2O2. The lowest BCUT2D eigenvalue weighted by Crippen LogP contribution is -2.48. The number of ether oxygens (including phenoxy) is 1. The van der Waals surface area contributed by atoms with Crippen LogP contribution in [0.3, 0.4) is 0 Å². The van der Waals surface area contributed by atoms with Crippen molar-refractivity contribution in [3.05, 3.63) is 0 Å². The molecule has 118 valence electrons. The van der Waals surface area contributed by atoms with Crippen LogP contribution in [0.15, 0.2) is 0 Å². The molecule has 1 N–H and O–H groups in total. The summed E-state index contributed by atoms with van der Waals surface area (Å²) in [5, 5.41) is 2.97. The number of morpholine rings is 1. The molecule has 2 atom stereocenters. The standard InChI is InChI=1S/C16H32N2O2/c1-5-14(4)7-6-8-18-9-10-20-15(12-18)11-17-16(19)13(2)3/h13-15H,5-12H2,1-4H3,(H,17,19)/t14?,15-/m1/s1. The summed E-state index contributed by atoms with van der Waals surface area (Å²) >= 11 is 0. The third kappa shape index (κ3) is 6.71. The third-order valence-electron chi connectivity index (χ3n) is 4.12. The molecule has 4 heteroatoms. The molecule has 1 amide bonds. The summed E-state index contributed by atoms with van der Waals surface area (Å²) in [5.74, 6) is 0.991. The first-order valence-electron chi connectivity index (χ1n) is 8.14. The van der Waals surface area contributed by atoms with E-state index < -0.39 is 0 Å². The van der Waals surface area contributed by atoms with Gasteiger partial charge in [0.15, 0.2) is 0 Å². The number of rotatable bonds is 8. The van der Waals surface area contributed by atoms with Crippen LogP contribution >= 0.6 is 0 Å². The molecule has 0 saturated carbocycles. The first-order chi connectivity index (χ1) is 9.52. The molecule has 1 unspecified atom stereocenters. The third-order valence-corrected chi connectivity index (χ3v) is 4.12. The molecule has 20 heavy (non-hydrogen) atoms. The second-order valence-electron chi connectivity index (χ2n) is 6.35. The normalized spacial score (nSPS) is 21.9. The summed E-state index contributed by atoms with van der Waals surface area (Å²) < 4.78 is 5.73. The van der Waals surface area contributed by atoms with Crippen LogP contribution in [-0.2, 0) is 9.53 Å². The van der Waals surface area contributed by atoms with Crippen LogP contribution in [0.25, 0.3) is 0 Å². The average Bonchev–Trinajstić information content (AvgIpc) is 2.44. The van der Waals surface area contributed by atoms with E-state index >= 15 is 0 Å². The summed E-state index contributed by atoms with van der Waals surface area (Å²) in [6, 6.07) is 0. The van der Waals surface area contributed by atoms with E-state index in [1.165, 1.54) is 19.3 Å². The van der Waals surface area contributed by atoms with Crippen molar-refractivity contribution in [1.82, 2.24) is 10.2 Å². The average molecular weight is 284 g/mol. The van der Waals surface area contributed by atoms with E-state index in [0.29, 0.717) is 6.54 Å². The minimum atomic E-state index is 0.0465. The van der Waals surface area contributed by atoms with Crippen molar-refractivity contribution in [2.24, 2.45) is 11.8 Å². The lowest BCUT2D eigenvalue weighted by molar-refractivity contribution is -0.125. The van der Waals surface area contributed by atoms with E-state index in [0.717, 1.165) is 32.2 Å². The van der Waals surface area contributed by atoms with E-state index in [1.54, 1.807) is 0 Å². The van der Waals surface area contributed by atoms with E-state index in [2.05, 4.69) is 24.1 Å². The molecule has 1 heterocycles. The van der Waals surface area contributed by atoms with Crippen LogP contribution in [0.2, 0.25) is 0 Å². The smallest absolute Gasteiger partial charge is 0.222 e. The maximum atomic E-state index is 11.6. The van der Waals surface area contributed by atoms with Gasteiger partial charge in [0.25, 0.3) is 0 Å². The van der Waals surface area contributed by atoms with Crippen molar-refractivity contribution < 1.29 is 9.53 Å². The van der Waals surface area contributed by atoms with Crippen LogP contribution in [0.1, 0.15) is 47.0 Å². The van der Waals surface area contributed by atoms with Gasteiger partial charge in [-0.05, 0) is 25.3 Å². The first-order valence-corrected chi connectivity index (χ1v) is 8.14. The Balaban J connectivity index is 2.19. The molecule has 0 spiro atoms. The van der Waals surface area contributed by atoms with Crippen LogP contribution in [-0.4, -0.2) is 49.7 Å². The van der Waals surface area contributed by atoms with Crippen LogP contribution in [0.4, 0.5) is 0 Å². The lowest BCUT2D eigenvalue weighted by Gasteiger charge is -2.33. The Labute approximate surface area is 124 Å². The number of nitrogens with one attached hydrogen (secondary N) is 1. The molecule has 0 aromatic heterocycles. The van der Waals surface area contributed by atoms with Crippen LogP contribution < -0.4 is 5.32 Å². The predicted octanol–water partition coefficient (Wildman–Crippen LogP) is 2.29. The van der Waals surface area contributed by atoms with E-state index in [-0.39, 0.29) is 17.9 Å². The van der Waals surface area contributed by atoms with E-state index in [9.17, 15) is 4.79 Å². The summed E-state index contributed by atoms with van der Waals surface area (Å²) in [6.45, 7) is 13.0. The van der Waals surface area contributed by atoms with Crippen molar-refractivity contribution >= 4 is 5.91 Å². The van der Waals surface area contributed by atoms with Gasteiger partial charge in [-0.3, -0.25) is 9.69 Å². The number of nitrogens with zero attached hydrogens (tertiary/aromatic N) is 1. The van der Waals surface area contributed by atoms with Crippen molar-refractivity contribution in [2.45, 2.75) is 53.1 Å². The minimum absolute atomic E-state index is 0.0465. The lowest BCUT2D eigenvalue weighted by atomic mass is 10.0. The summed E-state index contributed by atoms with van der Waals surface area (Å²) in [4.78, 5) is 14.0. The van der Waals surface area contributed by atoms with E-state index in [1.807, 2.05) is 13.8 Å². The second kappa shape index (κ2) is 9.35. The highest BCUT2D eigenvalue weighted by atomic mass is 16.5. The Bertz CT molecular complexity index is 282. The van der Waals surface area contributed by atoms with Gasteiger partial charge in [0.2, 0.25) is 5.91 Å². The molecule has 1 aliphatic heterocycles. The molecule has 4 nitrogen and oxygen atoms in total. The fourth-order valence-electron chi connectivity index (χ4n) is 2.39. The molecule has 1 saturated heterocycles. The molecule has 0 aromatic carbocycles. The minimum Gasteiger partial charge on any atom is -0.374 e. The quantitative estimate of drug-likeness (QED) is 0.743. The summed E-state index contributed by atoms with van der Waals surface area (Å²) in [6.07, 6.45) is 3.99. The number of hydrogen-bond acceptors (Lipinski definition) is 3. The van der Waals surface area contributed by atoms with Gasteiger partial charge in [-0.15, -0.1) is 0 Å². The molecular weight excluding hydrogens is 252 g/mol. The van der Waals surface area contributed by atoms with Gasteiger partial charge >= 0.3 is 0 Å². The predicted molar refractivity (Wildman–Crippen MR) is 82.7 cm³/mol. The Morgan fingerprint density at radius 2 is 2.15 bits per heavy atom. The highest BCUT2D eigenvalue weighted by Gasteiger charge is 2.21. The zero-order valence-electron chi connectivity index (χ0n) is 13.7. The van der Waals surface area contributed by atoms with Crippen molar-refractivity contribution in [1.29, 1.82) is 0 Å². The molecule has 1 fully saturated rings. The Kier molecular flexibility index (Phi) is 8.15. The zero-order valence-corrected chi connectivity index (χ0v) is 13.7. The van der Waals surface area contributed by atoms with Gasteiger partial charge in [0.05, 0.1) is 12.7 Å². The van der Waals surface area contributed by atoms with Gasteiger partial charge < -0.3 is 10.1 Å². The fraction of sp³-hybridized carbons (Fsp3) is 0.938. The van der Waals surface area contributed by atoms with Gasteiger partial charge in [0, 0.05) is 25.6 Å². The molecule has 1 rings (SSSR count). The number of amides is 1. The largest absolute Gasteiger partial charge is 0.374 e. The summed E-state index contributed by atoms with van der Waals surface area (Å²) in [5.41, 5.74) is 0. The molecule has 0 aliphatic carbocycles. The Morgan fingerprint density at radius 1 is 1.40 bits per heavy atom. The number of carbonyl (C=O) groups is 1. The highest BCUT2D eigenvalue weighted by molar-refractivity contribution is 5.77. The molecule has 0 aromatic rings. The number of hydrogen-bond donors (Lipinski definition) is 1. The van der Waals surface area contributed by atoms with Crippen LogP contribution in [0, 0.1) is 11.8 Å². The van der Waals surface area contributed by atoms with Gasteiger partial charge in [0.1, 0.15) is 0 Å². The molecule has 1 aliphatic rings. The SMILES string of the molecule is CCC(C)CCCN1CCO[C@H](CNC(=O)C(C)C)C1. The van der Waals surface area contributed by atoms with Gasteiger partial charge in [-0.2, -0.15) is 0 Å². The van der Waals surface area contributed by atoms with Crippen molar-refractivity contribution in [2.75, 3.05) is 32.8 Å². The summed E-state index contributed by atoms with van der Waals surface area (Å²) in [7, 11) is 0. The monoisotopic (exact) mass is 284 g/mol. The molecule has 0 bridgehead atoms. The Hall–Kier alpha value is -0.610. The van der Waals surface area contributed by atoms with E-state index in [4.69, 9.17) is 4.74 Å². The van der Waals surface area contributed by atoms with Crippen LogP contribution in [0.5, 0.6) is 0 Å². The second-order valence-corrected chi connectivity index (χ2v) is 6.35. The Morgan fingerprint density at radius 3 is 2.80 bits per heavy atom. The van der Waals surface area contributed by atoms with Gasteiger partial charge in [-0.1, -0.05) is 34.1 Å². The van der Waals surface area contributed by atoms with Crippen molar-refractivity contribution in [3.63, 3.8) is 0 Å². The fourth-order valence-corrected chi connectivity index (χ4v) is 2.39. The maximum Gasteiger partial charge on any atom is 0.222 e. The maximum absolute atomic E-state index is 11.6. The highest BCUT2D eigenvalue weighted by Crippen LogP contribution is 2.12. The van der Waals surface area contributed by atoms with Gasteiger partial charge in [-0.25, -0.2) is 0 Å².